The molecule has 0 radical (unpaired) electrons. The van der Waals surface area contributed by atoms with E-state index in [-0.39, 0.29) is 12.3 Å². The van der Waals surface area contributed by atoms with Crippen molar-refractivity contribution in [1.29, 1.82) is 0 Å². The molecule has 0 unspecified atom stereocenters. The summed E-state index contributed by atoms with van der Waals surface area (Å²) in [6, 6.07) is 13.3. The molecule has 3 aromatic heterocycles. The van der Waals surface area contributed by atoms with Crippen LogP contribution in [0, 0.1) is 0 Å². The summed E-state index contributed by atoms with van der Waals surface area (Å²) in [5, 5.41) is 13.4. The summed E-state index contributed by atoms with van der Waals surface area (Å²) in [5.41, 5.74) is 2.42. The van der Waals surface area contributed by atoms with Gasteiger partial charge in [-0.2, -0.15) is 5.10 Å². The number of thiazole rings is 1. The van der Waals surface area contributed by atoms with Crippen molar-refractivity contribution in [2.75, 3.05) is 5.32 Å². The van der Waals surface area contributed by atoms with Crippen LogP contribution in [-0.2, 0) is 11.2 Å². The Labute approximate surface area is 141 Å². The minimum Gasteiger partial charge on any atom is -0.308 e. The molecule has 0 atom stereocenters. The normalized spacial score (nSPS) is 10.8. The minimum absolute atomic E-state index is 0.148. The summed E-state index contributed by atoms with van der Waals surface area (Å²) in [4.78, 5) is 21.0. The van der Waals surface area contributed by atoms with Gasteiger partial charge in [-0.25, -0.2) is 4.98 Å². The molecule has 7 heteroatoms. The lowest BCUT2D eigenvalue weighted by atomic mass is 10.2. The zero-order chi connectivity index (χ0) is 16.4. The highest BCUT2D eigenvalue weighted by molar-refractivity contribution is 7.13. The van der Waals surface area contributed by atoms with Crippen molar-refractivity contribution >= 4 is 34.0 Å². The first-order valence-corrected chi connectivity index (χ1v) is 8.26. The number of anilines is 1. The fraction of sp³-hybridized carbons (Fsp3) is 0.0588. The number of pyridine rings is 1. The molecule has 118 valence electrons. The Balaban J connectivity index is 1.48. The largest absolute Gasteiger partial charge is 0.308 e. The number of aromatic amines is 1. The molecule has 1 aromatic carbocycles. The van der Waals surface area contributed by atoms with Gasteiger partial charge in [0, 0.05) is 17.0 Å². The predicted octanol–water partition coefficient (Wildman–Crippen LogP) is 3.26. The lowest BCUT2D eigenvalue weighted by Crippen LogP contribution is -2.15. The lowest BCUT2D eigenvalue weighted by Gasteiger charge is -2.00. The number of nitrogens with one attached hydrogen (secondary N) is 2. The van der Waals surface area contributed by atoms with Crippen molar-refractivity contribution in [1.82, 2.24) is 20.2 Å². The maximum atomic E-state index is 12.3. The van der Waals surface area contributed by atoms with Gasteiger partial charge >= 0.3 is 0 Å². The van der Waals surface area contributed by atoms with E-state index in [2.05, 4.69) is 25.5 Å². The standard InChI is InChI=1S/C17H13N5OS/c23-15(20-16-12-5-1-2-6-13(12)21-22-16)9-11-10-24-17(19-11)14-7-3-4-8-18-14/h1-8,10H,9H2,(H2,20,21,22,23). The number of H-pyrrole nitrogens is 1. The number of carbonyl (C=O) groups excluding carboxylic acids is 1. The molecule has 24 heavy (non-hydrogen) atoms. The number of nitrogens with zero attached hydrogens (tertiary/aromatic N) is 3. The van der Waals surface area contributed by atoms with Crippen molar-refractivity contribution in [3.05, 3.63) is 59.7 Å². The van der Waals surface area contributed by atoms with E-state index in [0.717, 1.165) is 27.3 Å². The monoisotopic (exact) mass is 335 g/mol. The summed E-state index contributed by atoms with van der Waals surface area (Å²) >= 11 is 1.48. The van der Waals surface area contributed by atoms with Gasteiger partial charge in [0.05, 0.1) is 23.3 Å². The second kappa shape index (κ2) is 6.21. The number of carbonyl (C=O) groups is 1. The molecule has 3 heterocycles. The zero-order valence-electron chi connectivity index (χ0n) is 12.6. The Morgan fingerprint density at radius 3 is 2.92 bits per heavy atom. The van der Waals surface area contributed by atoms with Crippen LogP contribution >= 0.6 is 11.3 Å². The van der Waals surface area contributed by atoms with Gasteiger partial charge in [-0.1, -0.05) is 18.2 Å². The van der Waals surface area contributed by atoms with Gasteiger partial charge in [0.15, 0.2) is 5.82 Å². The number of hydrogen-bond acceptors (Lipinski definition) is 5. The molecule has 0 saturated carbocycles. The highest BCUT2D eigenvalue weighted by Crippen LogP contribution is 2.22. The van der Waals surface area contributed by atoms with Crippen LogP contribution in [-0.4, -0.2) is 26.1 Å². The fourth-order valence-electron chi connectivity index (χ4n) is 2.39. The molecule has 4 rings (SSSR count). The molecule has 0 saturated heterocycles. The Hall–Kier alpha value is -3.06. The summed E-state index contributed by atoms with van der Waals surface area (Å²) in [6.45, 7) is 0. The van der Waals surface area contributed by atoms with E-state index >= 15 is 0 Å². The Morgan fingerprint density at radius 1 is 1.17 bits per heavy atom. The molecule has 0 spiro atoms. The van der Waals surface area contributed by atoms with Crippen molar-refractivity contribution in [3.8, 4) is 10.7 Å². The lowest BCUT2D eigenvalue weighted by molar-refractivity contribution is -0.115. The van der Waals surface area contributed by atoms with Gasteiger partial charge in [0.25, 0.3) is 0 Å². The van der Waals surface area contributed by atoms with E-state index < -0.39 is 0 Å². The molecule has 4 aromatic rings. The van der Waals surface area contributed by atoms with Crippen LogP contribution in [0.2, 0.25) is 0 Å². The third-order valence-corrected chi connectivity index (χ3v) is 4.42. The van der Waals surface area contributed by atoms with E-state index in [9.17, 15) is 4.79 Å². The van der Waals surface area contributed by atoms with Crippen LogP contribution in [0.3, 0.4) is 0 Å². The van der Waals surface area contributed by atoms with Gasteiger partial charge in [-0.15, -0.1) is 11.3 Å². The number of hydrogen-bond donors (Lipinski definition) is 2. The molecule has 2 N–H and O–H groups in total. The topological polar surface area (TPSA) is 83.6 Å². The summed E-state index contributed by atoms with van der Waals surface area (Å²) in [6.07, 6.45) is 1.93. The molecule has 0 aliphatic heterocycles. The van der Waals surface area contributed by atoms with E-state index in [1.54, 1.807) is 6.20 Å². The van der Waals surface area contributed by atoms with Crippen LogP contribution in [0.1, 0.15) is 5.69 Å². The number of rotatable bonds is 4. The van der Waals surface area contributed by atoms with Crippen LogP contribution in [0.15, 0.2) is 54.0 Å². The summed E-state index contributed by atoms with van der Waals surface area (Å²) in [5.74, 6) is 0.390. The molecule has 0 aliphatic rings. The fourth-order valence-corrected chi connectivity index (χ4v) is 3.19. The smallest absolute Gasteiger partial charge is 0.231 e. The van der Waals surface area contributed by atoms with E-state index in [4.69, 9.17) is 0 Å². The minimum atomic E-state index is -0.148. The van der Waals surface area contributed by atoms with Crippen molar-refractivity contribution in [3.63, 3.8) is 0 Å². The van der Waals surface area contributed by atoms with E-state index in [1.807, 2.05) is 47.8 Å². The first-order valence-electron chi connectivity index (χ1n) is 7.38. The maximum Gasteiger partial charge on any atom is 0.231 e. The van der Waals surface area contributed by atoms with Crippen molar-refractivity contribution in [2.45, 2.75) is 6.42 Å². The van der Waals surface area contributed by atoms with Crippen LogP contribution in [0.4, 0.5) is 5.82 Å². The molecular weight excluding hydrogens is 322 g/mol. The van der Waals surface area contributed by atoms with Crippen LogP contribution in [0.5, 0.6) is 0 Å². The quantitative estimate of drug-likeness (QED) is 0.599. The Kier molecular flexibility index (Phi) is 3.76. The first kappa shape index (κ1) is 14.5. The summed E-state index contributed by atoms with van der Waals surface area (Å²) < 4.78 is 0. The number of para-hydroxylation sites is 1. The molecule has 0 bridgehead atoms. The average molecular weight is 335 g/mol. The number of aromatic nitrogens is 4. The van der Waals surface area contributed by atoms with Crippen molar-refractivity contribution in [2.24, 2.45) is 0 Å². The zero-order valence-corrected chi connectivity index (χ0v) is 13.4. The third kappa shape index (κ3) is 2.89. The SMILES string of the molecule is O=C(Cc1csc(-c2ccccn2)n1)Nc1n[nH]c2ccccc12. The number of benzene rings is 1. The molecule has 0 aliphatic carbocycles. The Morgan fingerprint density at radius 2 is 2.04 bits per heavy atom. The first-order chi connectivity index (χ1) is 11.8. The average Bonchev–Trinajstić information content (AvgIpc) is 3.23. The second-order valence-corrected chi connectivity index (χ2v) is 6.06. The summed E-state index contributed by atoms with van der Waals surface area (Å²) in [7, 11) is 0. The number of fused-ring (bicyclic) bond motifs is 1. The van der Waals surface area contributed by atoms with Gasteiger partial charge in [0.1, 0.15) is 5.01 Å². The molecule has 1 amide bonds. The van der Waals surface area contributed by atoms with E-state index in [0.29, 0.717) is 5.82 Å². The van der Waals surface area contributed by atoms with Gasteiger partial charge in [0.2, 0.25) is 5.91 Å². The van der Waals surface area contributed by atoms with Gasteiger partial charge in [-0.05, 0) is 24.3 Å². The van der Waals surface area contributed by atoms with Crippen LogP contribution in [0.25, 0.3) is 21.6 Å². The molecular formula is C17H13N5OS. The Bertz CT molecular complexity index is 992. The maximum absolute atomic E-state index is 12.3. The highest BCUT2D eigenvalue weighted by Gasteiger charge is 2.12. The van der Waals surface area contributed by atoms with Crippen LogP contribution < -0.4 is 5.32 Å². The number of amides is 1. The molecule has 0 fully saturated rings. The van der Waals surface area contributed by atoms with Gasteiger partial charge in [-0.3, -0.25) is 14.9 Å². The second-order valence-electron chi connectivity index (χ2n) is 5.20. The highest BCUT2D eigenvalue weighted by atomic mass is 32.1. The van der Waals surface area contributed by atoms with E-state index in [1.165, 1.54) is 11.3 Å². The van der Waals surface area contributed by atoms with Gasteiger partial charge < -0.3 is 5.32 Å². The third-order valence-electron chi connectivity index (χ3n) is 3.51. The van der Waals surface area contributed by atoms with Crippen molar-refractivity contribution < 1.29 is 4.79 Å². The molecule has 6 nitrogen and oxygen atoms in total. The predicted molar refractivity (Wildman–Crippen MR) is 93.8 cm³/mol.